The lowest BCUT2D eigenvalue weighted by molar-refractivity contribution is -0.117. The number of rotatable bonds is 4. The van der Waals surface area contributed by atoms with Crippen LogP contribution in [-0.4, -0.2) is 20.7 Å². The van der Waals surface area contributed by atoms with E-state index in [4.69, 9.17) is 0 Å². The summed E-state index contributed by atoms with van der Waals surface area (Å²) in [6.07, 6.45) is 4.55. The van der Waals surface area contributed by atoms with Crippen molar-refractivity contribution >= 4 is 22.4 Å². The lowest BCUT2D eigenvalue weighted by Crippen LogP contribution is -2.20. The summed E-state index contributed by atoms with van der Waals surface area (Å²) in [5.41, 5.74) is 4.32. The topological polar surface area (TPSA) is 59.8 Å². The molecule has 0 aliphatic heterocycles. The summed E-state index contributed by atoms with van der Waals surface area (Å²) in [5.74, 6) is -0.151. The second-order valence-electron chi connectivity index (χ2n) is 6.28. The van der Waals surface area contributed by atoms with E-state index in [-0.39, 0.29) is 11.8 Å². The summed E-state index contributed by atoms with van der Waals surface area (Å²) < 4.78 is 1.92. The summed E-state index contributed by atoms with van der Waals surface area (Å²) in [7, 11) is 1.96. The Morgan fingerprint density at radius 1 is 1.32 bits per heavy atom. The standard InChI is InChI=1S/C19H20N4OS/c1-3-13(12-7-5-4-6-8-12)18(24)22-19-21-17-14-11-20-23(2)15(14)9-10-16(17)25-19/h4-8,11,13H,3,9-10H2,1-2H3,(H,21,22,24)/t13-/m0/s1. The van der Waals surface area contributed by atoms with Gasteiger partial charge >= 0.3 is 0 Å². The maximum absolute atomic E-state index is 12.7. The first-order valence-electron chi connectivity index (χ1n) is 8.54. The van der Waals surface area contributed by atoms with Crippen LogP contribution in [0.1, 0.15) is 35.4 Å². The minimum absolute atomic E-state index is 0.00575. The Bertz CT molecular complexity index is 913. The number of carbonyl (C=O) groups is 1. The average Bonchev–Trinajstić information content (AvgIpc) is 3.19. The van der Waals surface area contributed by atoms with Crippen LogP contribution in [0.15, 0.2) is 36.5 Å². The Labute approximate surface area is 150 Å². The third-order valence-corrected chi connectivity index (χ3v) is 5.79. The van der Waals surface area contributed by atoms with Gasteiger partial charge in [0.25, 0.3) is 0 Å². The van der Waals surface area contributed by atoms with Gasteiger partial charge in [0, 0.05) is 23.2 Å². The van der Waals surface area contributed by atoms with E-state index < -0.39 is 0 Å². The quantitative estimate of drug-likeness (QED) is 0.777. The van der Waals surface area contributed by atoms with E-state index in [2.05, 4.69) is 15.4 Å². The van der Waals surface area contributed by atoms with Crippen molar-refractivity contribution in [2.45, 2.75) is 32.1 Å². The first kappa shape index (κ1) is 16.0. The molecule has 0 bridgehead atoms. The number of aromatic nitrogens is 3. The summed E-state index contributed by atoms with van der Waals surface area (Å²) >= 11 is 1.58. The van der Waals surface area contributed by atoms with Crippen LogP contribution in [0.25, 0.3) is 11.3 Å². The van der Waals surface area contributed by atoms with Crippen LogP contribution < -0.4 is 5.32 Å². The summed E-state index contributed by atoms with van der Waals surface area (Å²) in [5, 5.41) is 8.05. The van der Waals surface area contributed by atoms with Crippen LogP contribution >= 0.6 is 11.3 Å². The zero-order valence-electron chi connectivity index (χ0n) is 14.3. The molecule has 1 amide bonds. The molecule has 0 unspecified atom stereocenters. The number of hydrogen-bond acceptors (Lipinski definition) is 4. The predicted molar refractivity (Wildman–Crippen MR) is 99.8 cm³/mol. The highest BCUT2D eigenvalue weighted by molar-refractivity contribution is 7.16. The fourth-order valence-electron chi connectivity index (χ4n) is 3.42. The minimum atomic E-state index is -0.156. The number of carbonyl (C=O) groups excluding carboxylic acids is 1. The molecule has 2 aromatic heterocycles. The molecule has 1 aliphatic rings. The van der Waals surface area contributed by atoms with Gasteiger partial charge in [-0.3, -0.25) is 9.48 Å². The normalized spacial score (nSPS) is 13.8. The van der Waals surface area contributed by atoms with E-state index in [1.54, 1.807) is 11.3 Å². The van der Waals surface area contributed by atoms with E-state index >= 15 is 0 Å². The number of nitrogens with zero attached hydrogens (tertiary/aromatic N) is 3. The van der Waals surface area contributed by atoms with Crippen molar-refractivity contribution in [1.82, 2.24) is 14.8 Å². The van der Waals surface area contributed by atoms with E-state index in [0.29, 0.717) is 5.13 Å². The molecule has 25 heavy (non-hydrogen) atoms. The molecule has 1 atom stereocenters. The zero-order valence-corrected chi connectivity index (χ0v) is 15.1. The van der Waals surface area contributed by atoms with Crippen molar-refractivity contribution in [2.75, 3.05) is 5.32 Å². The number of amides is 1. The number of anilines is 1. The molecule has 4 rings (SSSR count). The van der Waals surface area contributed by atoms with Crippen molar-refractivity contribution in [3.8, 4) is 11.3 Å². The van der Waals surface area contributed by atoms with Gasteiger partial charge in [-0.25, -0.2) is 4.98 Å². The van der Waals surface area contributed by atoms with Crippen LogP contribution in [0.2, 0.25) is 0 Å². The van der Waals surface area contributed by atoms with Gasteiger partial charge in [-0.1, -0.05) is 37.3 Å². The fraction of sp³-hybridized carbons (Fsp3) is 0.316. The van der Waals surface area contributed by atoms with Crippen LogP contribution in [0.5, 0.6) is 0 Å². The molecule has 1 N–H and O–H groups in total. The minimum Gasteiger partial charge on any atom is -0.301 e. The maximum atomic E-state index is 12.7. The summed E-state index contributed by atoms with van der Waals surface area (Å²) in [6.45, 7) is 2.03. The number of hydrogen-bond donors (Lipinski definition) is 1. The lowest BCUT2D eigenvalue weighted by Gasteiger charge is -2.14. The average molecular weight is 352 g/mol. The molecule has 2 heterocycles. The van der Waals surface area contributed by atoms with Gasteiger partial charge in [0.1, 0.15) is 0 Å². The van der Waals surface area contributed by atoms with Crippen molar-refractivity contribution in [1.29, 1.82) is 0 Å². The Kier molecular flexibility index (Phi) is 4.13. The zero-order chi connectivity index (χ0) is 17.4. The van der Waals surface area contributed by atoms with E-state index in [0.717, 1.165) is 36.1 Å². The van der Waals surface area contributed by atoms with Gasteiger partial charge in [0.15, 0.2) is 5.13 Å². The highest BCUT2D eigenvalue weighted by Crippen LogP contribution is 2.38. The fourth-order valence-corrected chi connectivity index (χ4v) is 4.40. The Hall–Kier alpha value is -2.47. The number of thiazole rings is 1. The first-order chi connectivity index (χ1) is 12.2. The number of nitrogens with one attached hydrogen (secondary N) is 1. The van der Waals surface area contributed by atoms with Gasteiger partial charge < -0.3 is 5.32 Å². The van der Waals surface area contributed by atoms with Gasteiger partial charge in [-0.15, -0.1) is 11.3 Å². The van der Waals surface area contributed by atoms with Crippen LogP contribution in [-0.2, 0) is 24.7 Å². The molecule has 1 aliphatic carbocycles. The van der Waals surface area contributed by atoms with Crippen LogP contribution in [0, 0.1) is 0 Å². The largest absolute Gasteiger partial charge is 0.301 e. The second kappa shape index (κ2) is 6.44. The monoisotopic (exact) mass is 352 g/mol. The second-order valence-corrected chi connectivity index (χ2v) is 7.36. The highest BCUT2D eigenvalue weighted by atomic mass is 32.1. The number of aryl methyl sites for hydroxylation is 2. The van der Waals surface area contributed by atoms with Gasteiger partial charge in [0.05, 0.1) is 17.8 Å². The molecule has 0 saturated carbocycles. The van der Waals surface area contributed by atoms with E-state index in [1.165, 1.54) is 10.6 Å². The third kappa shape index (κ3) is 2.87. The molecule has 0 saturated heterocycles. The molecule has 128 valence electrons. The summed E-state index contributed by atoms with van der Waals surface area (Å²) in [4.78, 5) is 18.7. The molecule has 0 radical (unpaired) electrons. The molecular weight excluding hydrogens is 332 g/mol. The third-order valence-electron chi connectivity index (χ3n) is 4.76. The van der Waals surface area contributed by atoms with E-state index in [9.17, 15) is 4.79 Å². The molecule has 6 heteroatoms. The van der Waals surface area contributed by atoms with Crippen molar-refractivity contribution in [3.63, 3.8) is 0 Å². The number of fused-ring (bicyclic) bond motifs is 3. The Morgan fingerprint density at radius 2 is 2.12 bits per heavy atom. The highest BCUT2D eigenvalue weighted by Gasteiger charge is 2.25. The van der Waals surface area contributed by atoms with Crippen LogP contribution in [0.3, 0.4) is 0 Å². The van der Waals surface area contributed by atoms with Crippen molar-refractivity contribution < 1.29 is 4.79 Å². The van der Waals surface area contributed by atoms with Gasteiger partial charge in [0.2, 0.25) is 5.91 Å². The molecule has 3 aromatic rings. The van der Waals surface area contributed by atoms with Crippen molar-refractivity contribution in [3.05, 3.63) is 52.7 Å². The first-order valence-corrected chi connectivity index (χ1v) is 9.35. The smallest absolute Gasteiger partial charge is 0.233 e. The lowest BCUT2D eigenvalue weighted by atomic mass is 9.96. The molecule has 0 fully saturated rings. The molecule has 0 spiro atoms. The Morgan fingerprint density at radius 3 is 2.88 bits per heavy atom. The van der Waals surface area contributed by atoms with Gasteiger partial charge in [-0.05, 0) is 24.8 Å². The van der Waals surface area contributed by atoms with Crippen LogP contribution in [0.4, 0.5) is 5.13 Å². The van der Waals surface area contributed by atoms with Gasteiger partial charge in [-0.2, -0.15) is 5.10 Å². The van der Waals surface area contributed by atoms with E-state index in [1.807, 2.05) is 55.2 Å². The molecule has 5 nitrogen and oxygen atoms in total. The van der Waals surface area contributed by atoms with Crippen molar-refractivity contribution in [2.24, 2.45) is 7.05 Å². The SMILES string of the molecule is CC[C@H](C(=O)Nc1nc2c(s1)CCc1c-2cnn1C)c1ccccc1. The number of benzene rings is 1. The molecular formula is C19H20N4OS. The summed E-state index contributed by atoms with van der Waals surface area (Å²) in [6, 6.07) is 9.91. The Balaban J connectivity index is 1.58. The maximum Gasteiger partial charge on any atom is 0.233 e. The molecule has 1 aromatic carbocycles. The predicted octanol–water partition coefficient (Wildman–Crippen LogP) is 3.77.